The minimum atomic E-state index is -4.88. The lowest BCUT2D eigenvalue weighted by Gasteiger charge is -2.17. The van der Waals surface area contributed by atoms with Crippen molar-refractivity contribution in [3.8, 4) is 0 Å². The Morgan fingerprint density at radius 3 is 2.24 bits per heavy atom. The van der Waals surface area contributed by atoms with E-state index < -0.39 is 35.6 Å². The predicted molar refractivity (Wildman–Crippen MR) is 68.3 cm³/mol. The fourth-order valence-electron chi connectivity index (χ4n) is 1.66. The molecule has 1 aromatic carbocycles. The van der Waals surface area contributed by atoms with E-state index in [1.807, 2.05) is 5.32 Å². The Morgan fingerprint density at radius 1 is 1.24 bits per heavy atom. The van der Waals surface area contributed by atoms with Crippen molar-refractivity contribution in [2.24, 2.45) is 5.92 Å². The Kier molecular flexibility index (Phi) is 4.95. The third-order valence-electron chi connectivity index (χ3n) is 2.70. The molecule has 5 nitrogen and oxygen atoms in total. The van der Waals surface area contributed by atoms with Crippen LogP contribution in [0.5, 0.6) is 0 Å². The number of ketones is 1. The Balaban J connectivity index is 3.33. The molecule has 8 heteroatoms. The summed E-state index contributed by atoms with van der Waals surface area (Å²) < 4.78 is 37.5. The van der Waals surface area contributed by atoms with Gasteiger partial charge in [-0.3, -0.25) is 10.1 Å². The van der Waals surface area contributed by atoms with E-state index in [1.54, 1.807) is 0 Å². The molecule has 0 saturated heterocycles. The van der Waals surface area contributed by atoms with Crippen molar-refractivity contribution in [2.75, 3.05) is 5.32 Å². The summed E-state index contributed by atoms with van der Waals surface area (Å²) in [6, 6.07) is 2.79. The summed E-state index contributed by atoms with van der Waals surface area (Å²) in [5.41, 5.74) is -0.866. The molecule has 1 rings (SSSR count). The number of rotatable bonds is 4. The highest BCUT2D eigenvalue weighted by Crippen LogP contribution is 2.34. The second-order valence-electron chi connectivity index (χ2n) is 4.70. The minimum absolute atomic E-state index is 0.126. The molecule has 1 aromatic rings. The van der Waals surface area contributed by atoms with Crippen molar-refractivity contribution in [1.29, 1.82) is 0 Å². The van der Waals surface area contributed by atoms with Gasteiger partial charge in [-0.05, 0) is 17.7 Å². The summed E-state index contributed by atoms with van der Waals surface area (Å²) in [7, 11) is 0. The predicted octanol–water partition coefficient (Wildman–Crippen LogP) is 3.21. The van der Waals surface area contributed by atoms with E-state index in [-0.39, 0.29) is 11.3 Å². The van der Waals surface area contributed by atoms with E-state index in [0.717, 1.165) is 18.2 Å². The lowest BCUT2D eigenvalue weighted by Crippen LogP contribution is -2.21. The van der Waals surface area contributed by atoms with Crippen LogP contribution in [-0.2, 0) is 0 Å². The molecule has 3 N–H and O–H groups in total. The molecule has 116 valence electrons. The molecule has 0 aliphatic heterocycles. The number of benzene rings is 1. The van der Waals surface area contributed by atoms with Crippen molar-refractivity contribution in [2.45, 2.75) is 26.1 Å². The van der Waals surface area contributed by atoms with Gasteiger partial charge in [0.2, 0.25) is 0 Å². The van der Waals surface area contributed by atoms with E-state index in [0.29, 0.717) is 0 Å². The average molecular weight is 305 g/mol. The first-order valence-electron chi connectivity index (χ1n) is 5.97. The lowest BCUT2D eigenvalue weighted by molar-refractivity contribution is -0.206. The van der Waals surface area contributed by atoms with Crippen molar-refractivity contribution >= 4 is 17.6 Å². The van der Waals surface area contributed by atoms with Crippen LogP contribution in [0.2, 0.25) is 0 Å². The van der Waals surface area contributed by atoms with Crippen LogP contribution in [0.1, 0.15) is 35.9 Å². The normalized spacial score (nSPS) is 13.1. The molecular weight excluding hydrogens is 291 g/mol. The molecule has 1 amide bonds. The van der Waals surface area contributed by atoms with Crippen LogP contribution in [0.4, 0.5) is 23.7 Å². The fraction of sp³-hybridized carbons (Fsp3) is 0.385. The zero-order valence-electron chi connectivity index (χ0n) is 11.2. The van der Waals surface area contributed by atoms with E-state index >= 15 is 0 Å². The molecule has 0 aliphatic carbocycles. The number of alkyl halides is 3. The third kappa shape index (κ3) is 4.19. The quantitative estimate of drug-likeness (QED) is 0.745. The second-order valence-corrected chi connectivity index (χ2v) is 4.70. The highest BCUT2D eigenvalue weighted by Gasteiger charge is 2.39. The van der Waals surface area contributed by atoms with Gasteiger partial charge in [-0.1, -0.05) is 19.9 Å². The molecule has 0 unspecified atom stereocenters. The van der Waals surface area contributed by atoms with Crippen molar-refractivity contribution in [3.05, 3.63) is 29.3 Å². The molecule has 1 atom stereocenters. The van der Waals surface area contributed by atoms with Gasteiger partial charge < -0.3 is 10.2 Å². The maximum atomic E-state index is 12.5. The molecule has 0 aliphatic rings. The number of carboxylic acid groups (broad SMARTS) is 1. The largest absolute Gasteiger partial charge is 0.465 e. The Hall–Kier alpha value is -2.09. The number of aliphatic hydroxyl groups is 1. The summed E-state index contributed by atoms with van der Waals surface area (Å²) in [4.78, 5) is 22.6. The van der Waals surface area contributed by atoms with Gasteiger partial charge in [-0.15, -0.1) is 0 Å². The molecule has 0 aromatic heterocycles. The number of Topliss-reactive ketones (excluding diaryl/α,β-unsaturated/α-hetero) is 1. The van der Waals surface area contributed by atoms with Crippen LogP contribution >= 0.6 is 0 Å². The average Bonchev–Trinajstić information content (AvgIpc) is 2.35. The van der Waals surface area contributed by atoms with Gasteiger partial charge in [0.15, 0.2) is 11.9 Å². The van der Waals surface area contributed by atoms with E-state index in [4.69, 9.17) is 5.11 Å². The van der Waals surface area contributed by atoms with Gasteiger partial charge in [0, 0.05) is 11.5 Å². The van der Waals surface area contributed by atoms with Crippen LogP contribution in [0.25, 0.3) is 0 Å². The van der Waals surface area contributed by atoms with Crippen LogP contribution in [-0.4, -0.2) is 28.3 Å². The fourth-order valence-corrected chi connectivity index (χ4v) is 1.66. The van der Waals surface area contributed by atoms with Crippen molar-refractivity contribution in [3.63, 3.8) is 0 Å². The molecular formula is C13H14F3NO4. The smallest absolute Gasteiger partial charge is 0.418 e. The summed E-state index contributed by atoms with van der Waals surface area (Å²) in [5, 5.41) is 19.8. The van der Waals surface area contributed by atoms with Crippen molar-refractivity contribution < 1.29 is 33.0 Å². The highest BCUT2D eigenvalue weighted by atomic mass is 19.4. The molecule has 0 radical (unpaired) electrons. The SMILES string of the molecule is CC(C)C(=O)c1cc([C@@H](O)C(F)(F)F)ccc1NC(=O)O. The molecule has 0 heterocycles. The molecule has 0 bridgehead atoms. The number of halogens is 3. The summed E-state index contributed by atoms with van der Waals surface area (Å²) in [5.74, 6) is -1.08. The topological polar surface area (TPSA) is 86.6 Å². The van der Waals surface area contributed by atoms with E-state index in [2.05, 4.69) is 0 Å². The number of hydrogen-bond acceptors (Lipinski definition) is 3. The van der Waals surface area contributed by atoms with Gasteiger partial charge in [0.25, 0.3) is 0 Å². The first-order valence-corrected chi connectivity index (χ1v) is 5.97. The maximum absolute atomic E-state index is 12.5. The molecule has 0 fully saturated rings. The lowest BCUT2D eigenvalue weighted by atomic mass is 9.96. The molecule has 0 saturated carbocycles. The van der Waals surface area contributed by atoms with Crippen LogP contribution in [0.15, 0.2) is 18.2 Å². The first-order chi connectivity index (χ1) is 9.54. The first kappa shape index (κ1) is 17.0. The maximum Gasteiger partial charge on any atom is 0.418 e. The zero-order valence-corrected chi connectivity index (χ0v) is 11.2. The Labute approximate surface area is 118 Å². The van der Waals surface area contributed by atoms with Gasteiger partial charge in [0.1, 0.15) is 0 Å². The van der Waals surface area contributed by atoms with E-state index in [1.165, 1.54) is 13.8 Å². The molecule has 0 spiro atoms. The standard InChI is InChI=1S/C13H14F3NO4/c1-6(2)10(18)8-5-7(11(19)13(14,15)16)3-4-9(8)17-12(20)21/h3-6,11,17,19H,1-2H3,(H,20,21)/t11-/m1/s1. The van der Waals surface area contributed by atoms with Crippen LogP contribution in [0.3, 0.4) is 0 Å². The van der Waals surface area contributed by atoms with Crippen LogP contribution in [0, 0.1) is 5.92 Å². The number of amides is 1. The number of carbonyl (C=O) groups excluding carboxylic acids is 1. The summed E-state index contributed by atoms with van der Waals surface area (Å²) in [6.45, 7) is 3.06. The Bertz CT molecular complexity index is 555. The number of anilines is 1. The number of hydrogen-bond donors (Lipinski definition) is 3. The molecule has 21 heavy (non-hydrogen) atoms. The monoisotopic (exact) mass is 305 g/mol. The van der Waals surface area contributed by atoms with Gasteiger partial charge >= 0.3 is 12.3 Å². The second kappa shape index (κ2) is 6.13. The van der Waals surface area contributed by atoms with Gasteiger partial charge in [-0.2, -0.15) is 13.2 Å². The van der Waals surface area contributed by atoms with Crippen molar-refractivity contribution in [1.82, 2.24) is 0 Å². The zero-order chi connectivity index (χ0) is 16.4. The van der Waals surface area contributed by atoms with Crippen LogP contribution < -0.4 is 5.32 Å². The highest BCUT2D eigenvalue weighted by molar-refractivity contribution is 6.04. The summed E-state index contributed by atoms with van der Waals surface area (Å²) in [6.07, 6.45) is -9.06. The van der Waals surface area contributed by atoms with Gasteiger partial charge in [0.05, 0.1) is 5.69 Å². The number of aliphatic hydroxyl groups excluding tert-OH is 1. The summed E-state index contributed by atoms with van der Waals surface area (Å²) >= 11 is 0. The Morgan fingerprint density at radius 2 is 1.81 bits per heavy atom. The number of carbonyl (C=O) groups is 2. The number of nitrogens with one attached hydrogen (secondary N) is 1. The van der Waals surface area contributed by atoms with Gasteiger partial charge in [-0.25, -0.2) is 4.79 Å². The minimum Gasteiger partial charge on any atom is -0.465 e. The van der Waals surface area contributed by atoms with E-state index in [9.17, 15) is 27.9 Å². The third-order valence-corrected chi connectivity index (χ3v) is 2.70.